The van der Waals surface area contributed by atoms with Crippen LogP contribution in [0, 0.1) is 11.3 Å². The molecule has 1 rings (SSSR count). The SMILES string of the molecule is CCN(CC(N)=O)S(=O)(=O)c1ccccc1C#N. The first-order chi connectivity index (χ1) is 8.43. The number of nitrogens with zero attached hydrogens (tertiary/aromatic N) is 2. The Bertz CT molecular complexity index is 590. The first-order valence-corrected chi connectivity index (χ1v) is 6.65. The van der Waals surface area contributed by atoms with Crippen molar-refractivity contribution in [3.8, 4) is 6.07 Å². The molecule has 2 N–H and O–H groups in total. The Morgan fingerprint density at radius 2 is 2.06 bits per heavy atom. The van der Waals surface area contributed by atoms with E-state index < -0.39 is 22.5 Å². The van der Waals surface area contributed by atoms with Gasteiger partial charge in [-0.2, -0.15) is 9.57 Å². The number of carbonyl (C=O) groups excluding carboxylic acids is 1. The molecule has 1 aromatic carbocycles. The van der Waals surface area contributed by atoms with E-state index in [1.54, 1.807) is 13.0 Å². The minimum Gasteiger partial charge on any atom is -0.369 e. The summed E-state index contributed by atoms with van der Waals surface area (Å²) in [5, 5.41) is 8.89. The van der Waals surface area contributed by atoms with Gasteiger partial charge in [-0.15, -0.1) is 0 Å². The first-order valence-electron chi connectivity index (χ1n) is 5.21. The summed E-state index contributed by atoms with van der Waals surface area (Å²) >= 11 is 0. The fraction of sp³-hybridized carbons (Fsp3) is 0.273. The van der Waals surface area contributed by atoms with Gasteiger partial charge in [-0.3, -0.25) is 4.79 Å². The number of benzene rings is 1. The largest absolute Gasteiger partial charge is 0.369 e. The van der Waals surface area contributed by atoms with E-state index in [1.807, 2.05) is 6.07 Å². The van der Waals surface area contributed by atoms with Crippen molar-refractivity contribution in [3.63, 3.8) is 0 Å². The zero-order valence-electron chi connectivity index (χ0n) is 9.83. The van der Waals surface area contributed by atoms with Gasteiger partial charge in [-0.05, 0) is 12.1 Å². The second-order valence-corrected chi connectivity index (χ2v) is 5.41. The van der Waals surface area contributed by atoms with Crippen molar-refractivity contribution in [2.75, 3.05) is 13.1 Å². The van der Waals surface area contributed by atoms with Crippen LogP contribution in [0.15, 0.2) is 29.2 Å². The van der Waals surface area contributed by atoms with Crippen LogP contribution in [-0.2, 0) is 14.8 Å². The highest BCUT2D eigenvalue weighted by Gasteiger charge is 2.26. The minimum atomic E-state index is -3.88. The molecule has 0 saturated heterocycles. The molecule has 0 aliphatic carbocycles. The molecule has 0 fully saturated rings. The van der Waals surface area contributed by atoms with Gasteiger partial charge in [-0.1, -0.05) is 19.1 Å². The van der Waals surface area contributed by atoms with Crippen LogP contribution in [0.4, 0.5) is 0 Å². The third kappa shape index (κ3) is 2.85. The van der Waals surface area contributed by atoms with Crippen LogP contribution in [0.25, 0.3) is 0 Å². The standard InChI is InChI=1S/C11H13N3O3S/c1-2-14(8-11(13)15)18(16,17)10-6-4-3-5-9(10)7-12/h3-6H,2,8H2,1H3,(H2,13,15). The summed E-state index contributed by atoms with van der Waals surface area (Å²) in [6.07, 6.45) is 0. The fourth-order valence-electron chi connectivity index (χ4n) is 1.46. The molecule has 0 unspecified atom stereocenters. The molecule has 7 heteroatoms. The smallest absolute Gasteiger partial charge is 0.244 e. The number of hydrogen-bond acceptors (Lipinski definition) is 4. The van der Waals surface area contributed by atoms with E-state index in [4.69, 9.17) is 11.0 Å². The number of rotatable bonds is 5. The number of nitrogens with two attached hydrogens (primary N) is 1. The third-order valence-corrected chi connectivity index (χ3v) is 4.29. The molecule has 0 aliphatic heterocycles. The summed E-state index contributed by atoms with van der Waals surface area (Å²) in [6, 6.07) is 7.64. The molecular formula is C11H13N3O3S. The predicted octanol–water partition coefficient (Wildman–Crippen LogP) is 0.0542. The lowest BCUT2D eigenvalue weighted by Crippen LogP contribution is -2.38. The van der Waals surface area contributed by atoms with Gasteiger partial charge in [0.15, 0.2) is 0 Å². The van der Waals surface area contributed by atoms with Crippen LogP contribution in [0.2, 0.25) is 0 Å². The molecule has 6 nitrogen and oxygen atoms in total. The number of sulfonamides is 1. The van der Waals surface area contributed by atoms with E-state index in [-0.39, 0.29) is 17.0 Å². The van der Waals surface area contributed by atoms with Crippen molar-refractivity contribution >= 4 is 15.9 Å². The van der Waals surface area contributed by atoms with Gasteiger partial charge in [0, 0.05) is 6.54 Å². The molecule has 0 aliphatic rings. The molecule has 0 bridgehead atoms. The molecule has 0 aromatic heterocycles. The molecule has 96 valence electrons. The van der Waals surface area contributed by atoms with E-state index in [1.165, 1.54) is 18.2 Å². The number of carbonyl (C=O) groups is 1. The van der Waals surface area contributed by atoms with Crippen LogP contribution in [-0.4, -0.2) is 31.7 Å². The maximum absolute atomic E-state index is 12.2. The van der Waals surface area contributed by atoms with Crippen molar-refractivity contribution in [3.05, 3.63) is 29.8 Å². The number of nitriles is 1. The second-order valence-electron chi connectivity index (χ2n) is 3.51. The molecule has 18 heavy (non-hydrogen) atoms. The molecule has 0 spiro atoms. The van der Waals surface area contributed by atoms with Crippen LogP contribution in [0.5, 0.6) is 0 Å². The molecule has 0 heterocycles. The lowest BCUT2D eigenvalue weighted by atomic mass is 10.2. The number of likely N-dealkylation sites (N-methyl/N-ethyl adjacent to an activating group) is 1. The zero-order chi connectivity index (χ0) is 13.8. The lowest BCUT2D eigenvalue weighted by molar-refractivity contribution is -0.118. The van der Waals surface area contributed by atoms with E-state index in [0.29, 0.717) is 0 Å². The molecule has 0 radical (unpaired) electrons. The Kier molecular flexibility index (Phi) is 4.42. The van der Waals surface area contributed by atoms with E-state index in [2.05, 4.69) is 0 Å². The highest BCUT2D eigenvalue weighted by Crippen LogP contribution is 2.19. The third-order valence-electron chi connectivity index (χ3n) is 2.31. The van der Waals surface area contributed by atoms with Crippen molar-refractivity contribution in [2.24, 2.45) is 5.73 Å². The molecule has 1 aromatic rings. The molecular weight excluding hydrogens is 254 g/mol. The van der Waals surface area contributed by atoms with Gasteiger partial charge in [0.1, 0.15) is 6.07 Å². The first kappa shape index (κ1) is 14.2. The van der Waals surface area contributed by atoms with E-state index in [9.17, 15) is 13.2 Å². The Balaban J connectivity index is 3.28. The Hall–Kier alpha value is -1.91. The Morgan fingerprint density at radius 1 is 1.44 bits per heavy atom. The fourth-order valence-corrected chi connectivity index (χ4v) is 3.02. The lowest BCUT2D eigenvalue weighted by Gasteiger charge is -2.19. The summed E-state index contributed by atoms with van der Waals surface area (Å²) in [5.41, 5.74) is 5.05. The van der Waals surface area contributed by atoms with Crippen molar-refractivity contribution < 1.29 is 13.2 Å². The monoisotopic (exact) mass is 267 g/mol. The summed E-state index contributed by atoms with van der Waals surface area (Å²) < 4.78 is 25.4. The average molecular weight is 267 g/mol. The average Bonchev–Trinajstić information content (AvgIpc) is 2.35. The number of amides is 1. The highest BCUT2D eigenvalue weighted by atomic mass is 32.2. The topological polar surface area (TPSA) is 104 Å². The highest BCUT2D eigenvalue weighted by molar-refractivity contribution is 7.89. The quantitative estimate of drug-likeness (QED) is 0.814. The maximum atomic E-state index is 12.2. The normalized spacial score (nSPS) is 11.2. The van der Waals surface area contributed by atoms with E-state index in [0.717, 1.165) is 4.31 Å². The van der Waals surface area contributed by atoms with Crippen molar-refractivity contribution in [1.82, 2.24) is 4.31 Å². The number of primary amides is 1. The summed E-state index contributed by atoms with van der Waals surface area (Å²) in [6.45, 7) is 1.29. The predicted molar refractivity (Wildman–Crippen MR) is 64.8 cm³/mol. The van der Waals surface area contributed by atoms with Crippen molar-refractivity contribution in [2.45, 2.75) is 11.8 Å². The van der Waals surface area contributed by atoms with E-state index >= 15 is 0 Å². The van der Waals surface area contributed by atoms with Crippen LogP contribution < -0.4 is 5.73 Å². The van der Waals surface area contributed by atoms with Crippen LogP contribution in [0.1, 0.15) is 12.5 Å². The van der Waals surface area contributed by atoms with Gasteiger partial charge >= 0.3 is 0 Å². The van der Waals surface area contributed by atoms with Crippen LogP contribution >= 0.6 is 0 Å². The summed E-state index contributed by atoms with van der Waals surface area (Å²) in [5.74, 6) is -0.741. The molecule has 0 atom stereocenters. The van der Waals surface area contributed by atoms with Crippen molar-refractivity contribution in [1.29, 1.82) is 5.26 Å². The Labute approximate surface area is 106 Å². The maximum Gasteiger partial charge on any atom is 0.244 e. The van der Waals surface area contributed by atoms with Crippen LogP contribution in [0.3, 0.4) is 0 Å². The molecule has 1 amide bonds. The van der Waals surface area contributed by atoms with Gasteiger partial charge in [0.2, 0.25) is 15.9 Å². The second kappa shape index (κ2) is 5.62. The summed E-state index contributed by atoms with van der Waals surface area (Å²) in [7, 11) is -3.88. The van der Waals surface area contributed by atoms with Gasteiger partial charge in [-0.25, -0.2) is 8.42 Å². The van der Waals surface area contributed by atoms with Gasteiger partial charge in [0.25, 0.3) is 0 Å². The van der Waals surface area contributed by atoms with Gasteiger partial charge in [0.05, 0.1) is 17.0 Å². The number of hydrogen-bond donors (Lipinski definition) is 1. The molecule has 0 saturated carbocycles. The van der Waals surface area contributed by atoms with Gasteiger partial charge < -0.3 is 5.73 Å². The minimum absolute atomic E-state index is 0.0421. The Morgan fingerprint density at radius 3 is 2.56 bits per heavy atom. The zero-order valence-corrected chi connectivity index (χ0v) is 10.6. The summed E-state index contributed by atoms with van der Waals surface area (Å²) in [4.78, 5) is 10.7.